The van der Waals surface area contributed by atoms with Crippen molar-refractivity contribution in [2.75, 3.05) is 11.5 Å². The highest BCUT2D eigenvalue weighted by Gasteiger charge is 2.43. The van der Waals surface area contributed by atoms with E-state index >= 15 is 0 Å². The molecule has 1 N–H and O–H groups in total. The zero-order chi connectivity index (χ0) is 22.2. The topological polar surface area (TPSA) is 75.3 Å². The Balaban J connectivity index is 1.63. The van der Waals surface area contributed by atoms with Crippen LogP contribution in [0.15, 0.2) is 66.0 Å². The van der Waals surface area contributed by atoms with Crippen LogP contribution in [0.3, 0.4) is 0 Å². The number of H-pyrrole nitrogens is 1. The second kappa shape index (κ2) is 8.05. The van der Waals surface area contributed by atoms with E-state index in [2.05, 4.69) is 10.2 Å². The number of carbonyl (C=O) groups is 2. The van der Waals surface area contributed by atoms with Gasteiger partial charge in [-0.3, -0.25) is 14.8 Å². The van der Waals surface area contributed by atoms with Gasteiger partial charge in [-0.15, -0.1) is 11.3 Å². The van der Waals surface area contributed by atoms with E-state index < -0.39 is 12.0 Å². The van der Waals surface area contributed by atoms with Crippen molar-refractivity contribution in [1.82, 2.24) is 10.2 Å². The molecule has 0 radical (unpaired) electrons. The third kappa shape index (κ3) is 3.29. The van der Waals surface area contributed by atoms with Crippen LogP contribution in [-0.2, 0) is 4.74 Å². The molecule has 5 rings (SSSR count). The van der Waals surface area contributed by atoms with Gasteiger partial charge in [0.25, 0.3) is 5.91 Å². The molecule has 8 heteroatoms. The fraction of sp³-hybridized carbons (Fsp3) is 0.125. The van der Waals surface area contributed by atoms with Crippen molar-refractivity contribution in [3.63, 3.8) is 0 Å². The van der Waals surface area contributed by atoms with Crippen molar-refractivity contribution < 1.29 is 18.7 Å². The Morgan fingerprint density at radius 1 is 1.19 bits per heavy atom. The molecule has 0 saturated carbocycles. The van der Waals surface area contributed by atoms with E-state index in [9.17, 15) is 14.0 Å². The smallest absolute Gasteiger partial charge is 0.338 e. The summed E-state index contributed by atoms with van der Waals surface area (Å²) in [5, 5.41) is 9.24. The summed E-state index contributed by atoms with van der Waals surface area (Å²) in [6, 6.07) is 16.1. The summed E-state index contributed by atoms with van der Waals surface area (Å²) in [7, 11) is 0. The number of carbonyl (C=O) groups excluding carboxylic acids is 2. The lowest BCUT2D eigenvalue weighted by atomic mass is 9.98. The zero-order valence-corrected chi connectivity index (χ0v) is 17.9. The first-order chi connectivity index (χ1) is 15.6. The number of nitrogens with zero attached hydrogens (tertiary/aromatic N) is 2. The van der Waals surface area contributed by atoms with Crippen molar-refractivity contribution in [3.05, 3.63) is 94.2 Å². The third-order valence-corrected chi connectivity index (χ3v) is 6.23. The number of anilines is 1. The molecule has 160 valence electrons. The number of hydrogen-bond acceptors (Lipinski definition) is 5. The van der Waals surface area contributed by atoms with Crippen molar-refractivity contribution in [1.29, 1.82) is 0 Å². The summed E-state index contributed by atoms with van der Waals surface area (Å²) < 4.78 is 19.2. The first kappa shape index (κ1) is 20.1. The largest absolute Gasteiger partial charge is 0.462 e. The van der Waals surface area contributed by atoms with Crippen molar-refractivity contribution in [2.45, 2.75) is 13.0 Å². The Bertz CT molecular complexity index is 1300. The van der Waals surface area contributed by atoms with E-state index in [0.29, 0.717) is 28.1 Å². The monoisotopic (exact) mass is 447 g/mol. The minimum atomic E-state index is -0.572. The number of amides is 1. The van der Waals surface area contributed by atoms with Crippen LogP contribution in [0.1, 0.15) is 44.9 Å². The van der Waals surface area contributed by atoms with Crippen LogP contribution >= 0.6 is 11.3 Å². The van der Waals surface area contributed by atoms with E-state index in [1.165, 1.54) is 23.5 Å². The van der Waals surface area contributed by atoms with Crippen LogP contribution in [0.2, 0.25) is 0 Å². The number of aromatic amines is 1. The van der Waals surface area contributed by atoms with E-state index in [1.54, 1.807) is 48.2 Å². The summed E-state index contributed by atoms with van der Waals surface area (Å²) in [4.78, 5) is 28.0. The van der Waals surface area contributed by atoms with E-state index in [1.807, 2.05) is 17.5 Å². The molecule has 2 aromatic heterocycles. The maximum Gasteiger partial charge on any atom is 0.338 e. The Kier molecular flexibility index (Phi) is 5.07. The molecule has 1 atom stereocenters. The van der Waals surface area contributed by atoms with Crippen LogP contribution < -0.4 is 4.90 Å². The number of hydrogen-bond donors (Lipinski definition) is 1. The first-order valence-electron chi connectivity index (χ1n) is 10.1. The summed E-state index contributed by atoms with van der Waals surface area (Å²) in [5.74, 6) is -1.11. The molecule has 1 aliphatic heterocycles. The second-order valence-corrected chi connectivity index (χ2v) is 8.19. The highest BCUT2D eigenvalue weighted by atomic mass is 32.1. The number of ether oxygens (including phenoxy) is 1. The Morgan fingerprint density at radius 3 is 2.69 bits per heavy atom. The average Bonchev–Trinajstić information content (AvgIpc) is 3.52. The molecule has 0 spiro atoms. The predicted molar refractivity (Wildman–Crippen MR) is 119 cm³/mol. The lowest BCUT2D eigenvalue weighted by Gasteiger charge is -2.26. The lowest BCUT2D eigenvalue weighted by Crippen LogP contribution is -2.29. The van der Waals surface area contributed by atoms with E-state index in [4.69, 9.17) is 4.74 Å². The number of benzene rings is 2. The Hall–Kier alpha value is -3.78. The number of esters is 1. The first-order valence-corrected chi connectivity index (χ1v) is 10.9. The minimum absolute atomic E-state index is 0.277. The molecule has 0 fully saturated rings. The van der Waals surface area contributed by atoms with Gasteiger partial charge in [0.05, 0.1) is 28.8 Å². The zero-order valence-electron chi connectivity index (χ0n) is 17.0. The van der Waals surface area contributed by atoms with Gasteiger partial charge in [-0.1, -0.05) is 18.2 Å². The summed E-state index contributed by atoms with van der Waals surface area (Å²) in [5.41, 5.74) is 3.35. The molecule has 1 amide bonds. The van der Waals surface area contributed by atoms with E-state index in [-0.39, 0.29) is 18.3 Å². The quantitative estimate of drug-likeness (QED) is 0.427. The van der Waals surface area contributed by atoms with Gasteiger partial charge >= 0.3 is 5.97 Å². The van der Waals surface area contributed by atoms with Gasteiger partial charge in [0.2, 0.25) is 0 Å². The molecule has 32 heavy (non-hydrogen) atoms. The fourth-order valence-electron chi connectivity index (χ4n) is 3.98. The number of nitrogens with one attached hydrogen (secondary N) is 1. The van der Waals surface area contributed by atoms with Gasteiger partial charge in [-0.25, -0.2) is 9.18 Å². The normalized spacial score (nSPS) is 15.1. The molecule has 0 saturated heterocycles. The van der Waals surface area contributed by atoms with Gasteiger partial charge in [-0.2, -0.15) is 5.10 Å². The molecular weight excluding hydrogens is 429 g/mol. The Labute approximate surface area is 187 Å². The predicted octanol–water partition coefficient (Wildman–Crippen LogP) is 5.20. The standard InChI is InChI=1S/C24H18FN3O3S/c1-2-31-24(30)14-8-10-17(11-9-14)28-22(15-5-3-6-16(25)13-15)19-20(18-7-4-12-32-18)26-27-21(19)23(28)29/h3-13,22H,2H2,1H3,(H,26,27)/t22-/m1/s1. The molecule has 1 aliphatic rings. The van der Waals surface area contributed by atoms with Crippen LogP contribution in [0.25, 0.3) is 10.6 Å². The maximum atomic E-state index is 14.2. The van der Waals surface area contributed by atoms with Crippen LogP contribution in [0.5, 0.6) is 0 Å². The molecule has 0 bridgehead atoms. The highest BCUT2D eigenvalue weighted by molar-refractivity contribution is 7.13. The molecule has 3 heterocycles. The molecule has 0 aliphatic carbocycles. The third-order valence-electron chi connectivity index (χ3n) is 5.35. The average molecular weight is 447 g/mol. The number of halogens is 1. The SMILES string of the molecule is CCOC(=O)c1ccc(N2C(=O)c3n[nH]c(-c4cccs4)c3[C@H]2c2cccc(F)c2)cc1. The molecular formula is C24H18FN3O3S. The summed E-state index contributed by atoms with van der Waals surface area (Å²) >= 11 is 1.53. The van der Waals surface area contributed by atoms with Crippen LogP contribution in [0, 0.1) is 5.82 Å². The van der Waals surface area contributed by atoms with Crippen LogP contribution in [-0.4, -0.2) is 28.7 Å². The second-order valence-electron chi connectivity index (χ2n) is 7.24. The van der Waals surface area contributed by atoms with E-state index in [0.717, 1.165) is 10.6 Å². The number of fused-ring (bicyclic) bond motifs is 1. The summed E-state index contributed by atoms with van der Waals surface area (Å²) in [6.07, 6.45) is 0. The van der Waals surface area contributed by atoms with Crippen molar-refractivity contribution in [3.8, 4) is 10.6 Å². The number of aromatic nitrogens is 2. The molecule has 4 aromatic rings. The molecule has 0 unspecified atom stereocenters. The van der Waals surface area contributed by atoms with Gasteiger partial charge in [0.1, 0.15) is 5.82 Å². The minimum Gasteiger partial charge on any atom is -0.462 e. The Morgan fingerprint density at radius 2 is 2.00 bits per heavy atom. The van der Waals surface area contributed by atoms with Crippen molar-refractivity contribution >= 4 is 28.9 Å². The van der Waals surface area contributed by atoms with Crippen LogP contribution in [0.4, 0.5) is 10.1 Å². The maximum absolute atomic E-state index is 14.2. The highest BCUT2D eigenvalue weighted by Crippen LogP contribution is 2.45. The van der Waals surface area contributed by atoms with Crippen molar-refractivity contribution in [2.24, 2.45) is 0 Å². The lowest BCUT2D eigenvalue weighted by molar-refractivity contribution is 0.0526. The molecule has 6 nitrogen and oxygen atoms in total. The summed E-state index contributed by atoms with van der Waals surface area (Å²) in [6.45, 7) is 2.02. The van der Waals surface area contributed by atoms with Gasteiger partial charge in [0, 0.05) is 11.3 Å². The molecule has 2 aromatic carbocycles. The number of rotatable bonds is 5. The van der Waals surface area contributed by atoms with Gasteiger partial charge in [-0.05, 0) is 60.3 Å². The van der Waals surface area contributed by atoms with Gasteiger partial charge < -0.3 is 4.74 Å². The number of thiophene rings is 1. The van der Waals surface area contributed by atoms with Gasteiger partial charge in [0.15, 0.2) is 5.69 Å². The fourth-order valence-corrected chi connectivity index (χ4v) is 4.71.